The van der Waals surface area contributed by atoms with Gasteiger partial charge < -0.3 is 0 Å². The molecule has 0 N–H and O–H groups in total. The van der Waals surface area contributed by atoms with Crippen molar-refractivity contribution in [3.63, 3.8) is 0 Å². The van der Waals surface area contributed by atoms with Gasteiger partial charge in [-0.2, -0.15) is 0 Å². The summed E-state index contributed by atoms with van der Waals surface area (Å²) in [6.45, 7) is 6.84. The molecule has 3 rings (SSSR count). The zero-order chi connectivity index (χ0) is 35.2. The molecule has 0 aliphatic carbocycles. The van der Waals surface area contributed by atoms with Gasteiger partial charge in [-0.15, -0.1) is 0 Å². The Labute approximate surface area is 309 Å². The van der Waals surface area contributed by atoms with Crippen LogP contribution in [0.1, 0.15) is 190 Å². The first kappa shape index (κ1) is 41.4. The minimum absolute atomic E-state index is 1.12. The monoisotopic (exact) mass is 679 g/mol. The zero-order valence-electron chi connectivity index (χ0n) is 32.5. The van der Waals surface area contributed by atoms with Crippen LogP contribution in [-0.2, 0) is 13.1 Å². The van der Waals surface area contributed by atoms with E-state index in [0.29, 0.717) is 0 Å². The van der Waals surface area contributed by atoms with E-state index in [1.54, 1.807) is 0 Å². The van der Waals surface area contributed by atoms with E-state index >= 15 is 0 Å². The van der Waals surface area contributed by atoms with Crippen molar-refractivity contribution in [2.75, 3.05) is 0 Å². The van der Waals surface area contributed by atoms with E-state index in [4.69, 9.17) is 0 Å². The van der Waals surface area contributed by atoms with Crippen LogP contribution in [0.2, 0.25) is 0 Å². The largest absolute Gasteiger partial charge is 0.205 e. The van der Waals surface area contributed by atoms with E-state index in [9.17, 15) is 0 Å². The summed E-state index contributed by atoms with van der Waals surface area (Å²) in [5.41, 5.74) is 4.96. The summed E-state index contributed by atoms with van der Waals surface area (Å²) in [5, 5.41) is 0. The van der Waals surface area contributed by atoms with Crippen molar-refractivity contribution in [2.24, 2.45) is 0 Å². The molecule has 0 amide bonds. The summed E-state index contributed by atoms with van der Waals surface area (Å²) in [6, 6.07) is 17.8. The Morgan fingerprint density at radius 2 is 0.520 bits per heavy atom. The molecule has 2 nitrogen and oxygen atoms in total. The number of pyridine rings is 2. The van der Waals surface area contributed by atoms with E-state index in [0.717, 1.165) is 13.1 Å². The summed E-state index contributed by atoms with van der Waals surface area (Å²) in [4.78, 5) is 0. The Kier molecular flexibility index (Phi) is 23.8. The summed E-state index contributed by atoms with van der Waals surface area (Å²) in [6.07, 6.45) is 51.4. The van der Waals surface area contributed by atoms with Crippen LogP contribution in [0.3, 0.4) is 0 Å². The van der Waals surface area contributed by atoms with Gasteiger partial charge in [0, 0.05) is 37.1 Å². The second kappa shape index (κ2) is 28.7. The summed E-state index contributed by atoms with van der Waals surface area (Å²) >= 11 is 0. The van der Waals surface area contributed by atoms with E-state index in [-0.39, 0.29) is 0 Å². The summed E-state index contributed by atoms with van der Waals surface area (Å²) in [7, 11) is 0. The standard InChI is InChI=1S/C48H74N2/c1-3-5-7-9-11-13-15-17-19-21-23-25-39-49-41-35-47(36-42-49)33-31-45-27-29-46(30-28-45)32-34-48-37-43-50(44-38-48)40-26-24-22-20-18-16-14-12-10-8-6-4-2/h27-38,41-44H,3-26,39-40H2,1-2H3/q+2/b33-31+,34-32+. The summed E-state index contributed by atoms with van der Waals surface area (Å²) in [5.74, 6) is 0. The molecule has 0 saturated carbocycles. The fraction of sp³-hybridized carbons (Fsp3) is 0.583. The summed E-state index contributed by atoms with van der Waals surface area (Å²) < 4.78 is 4.67. The first-order valence-electron chi connectivity index (χ1n) is 21.2. The van der Waals surface area contributed by atoms with Crippen LogP contribution in [0.25, 0.3) is 24.3 Å². The number of unbranched alkanes of at least 4 members (excludes halogenated alkanes) is 22. The van der Waals surface area contributed by atoms with Crippen LogP contribution >= 0.6 is 0 Å². The van der Waals surface area contributed by atoms with Gasteiger partial charge in [0.15, 0.2) is 24.8 Å². The lowest BCUT2D eigenvalue weighted by molar-refractivity contribution is -0.697. The highest BCUT2D eigenvalue weighted by atomic mass is 14.9. The lowest BCUT2D eigenvalue weighted by atomic mass is 10.1. The predicted octanol–water partition coefficient (Wildman–Crippen LogP) is 14.0. The van der Waals surface area contributed by atoms with Gasteiger partial charge >= 0.3 is 0 Å². The fourth-order valence-electron chi connectivity index (χ4n) is 6.83. The molecule has 50 heavy (non-hydrogen) atoms. The number of aryl methyl sites for hydroxylation is 2. The Bertz CT molecular complexity index is 1150. The topological polar surface area (TPSA) is 7.76 Å². The Morgan fingerprint density at radius 3 is 0.780 bits per heavy atom. The molecule has 2 heterocycles. The van der Waals surface area contributed by atoms with Crippen LogP contribution in [0, 0.1) is 0 Å². The smallest absolute Gasteiger partial charge is 0.169 e. The molecule has 3 aromatic rings. The van der Waals surface area contributed by atoms with Gasteiger partial charge in [0.1, 0.15) is 13.1 Å². The van der Waals surface area contributed by atoms with Gasteiger partial charge in [-0.1, -0.05) is 191 Å². The Hall–Kier alpha value is -3.00. The SMILES string of the molecule is CCCCCCCCCCCCCC[n+]1ccc(/C=C/c2ccc(/C=C/c3cc[n+](CCCCCCCCCCCCCC)cc3)cc2)cc1. The normalized spacial score (nSPS) is 11.7. The highest BCUT2D eigenvalue weighted by Gasteiger charge is 2.02. The third-order valence-corrected chi connectivity index (χ3v) is 10.2. The second-order valence-electron chi connectivity index (χ2n) is 14.9. The number of hydrogen-bond acceptors (Lipinski definition) is 0. The molecule has 0 aliphatic rings. The number of rotatable bonds is 30. The molecule has 0 saturated heterocycles. The molecule has 0 fully saturated rings. The fourth-order valence-corrected chi connectivity index (χ4v) is 6.83. The van der Waals surface area contributed by atoms with E-state index < -0.39 is 0 Å². The van der Waals surface area contributed by atoms with Crippen molar-refractivity contribution >= 4 is 24.3 Å². The van der Waals surface area contributed by atoms with Crippen LogP contribution < -0.4 is 9.13 Å². The quantitative estimate of drug-likeness (QED) is 0.0490. The molecule has 0 spiro atoms. The third kappa shape index (κ3) is 20.6. The Balaban J connectivity index is 1.23. The van der Waals surface area contributed by atoms with Crippen molar-refractivity contribution in [1.29, 1.82) is 0 Å². The maximum Gasteiger partial charge on any atom is 0.169 e. The van der Waals surface area contributed by atoms with Crippen LogP contribution in [0.5, 0.6) is 0 Å². The maximum atomic E-state index is 2.33. The molecule has 274 valence electrons. The van der Waals surface area contributed by atoms with E-state index in [1.807, 2.05) is 0 Å². The molecule has 2 aromatic heterocycles. The third-order valence-electron chi connectivity index (χ3n) is 10.2. The molecule has 0 bridgehead atoms. The first-order valence-corrected chi connectivity index (χ1v) is 21.2. The zero-order valence-corrected chi connectivity index (χ0v) is 32.5. The molecule has 2 heteroatoms. The first-order chi connectivity index (χ1) is 24.8. The van der Waals surface area contributed by atoms with Crippen molar-refractivity contribution in [1.82, 2.24) is 0 Å². The lowest BCUT2D eigenvalue weighted by Crippen LogP contribution is -2.32. The average molecular weight is 679 g/mol. The average Bonchev–Trinajstić information content (AvgIpc) is 3.15. The van der Waals surface area contributed by atoms with Gasteiger partial charge in [0.2, 0.25) is 0 Å². The number of benzene rings is 1. The van der Waals surface area contributed by atoms with Crippen LogP contribution in [-0.4, -0.2) is 0 Å². The minimum atomic E-state index is 1.12. The van der Waals surface area contributed by atoms with Gasteiger partial charge in [-0.05, 0) is 35.1 Å². The van der Waals surface area contributed by atoms with Gasteiger partial charge in [-0.25, -0.2) is 9.13 Å². The Morgan fingerprint density at radius 1 is 0.300 bits per heavy atom. The predicted molar refractivity (Wildman–Crippen MR) is 220 cm³/mol. The molecule has 0 atom stereocenters. The lowest BCUT2D eigenvalue weighted by Gasteiger charge is -2.02. The molecule has 0 unspecified atom stereocenters. The molecule has 1 aromatic carbocycles. The van der Waals surface area contributed by atoms with Crippen molar-refractivity contribution in [3.05, 3.63) is 95.6 Å². The van der Waals surface area contributed by atoms with Crippen molar-refractivity contribution in [3.8, 4) is 0 Å². The van der Waals surface area contributed by atoms with Gasteiger partial charge in [0.05, 0.1) is 0 Å². The molecule has 0 radical (unpaired) electrons. The molecular formula is C48H74N2+2. The van der Waals surface area contributed by atoms with Gasteiger partial charge in [0.25, 0.3) is 0 Å². The van der Waals surface area contributed by atoms with E-state index in [2.05, 4.69) is 121 Å². The highest BCUT2D eigenvalue weighted by Crippen LogP contribution is 2.15. The van der Waals surface area contributed by atoms with Gasteiger partial charge in [-0.3, -0.25) is 0 Å². The number of aromatic nitrogens is 2. The highest BCUT2D eigenvalue weighted by molar-refractivity contribution is 5.72. The van der Waals surface area contributed by atoms with Crippen LogP contribution in [0.4, 0.5) is 0 Å². The van der Waals surface area contributed by atoms with Crippen LogP contribution in [0.15, 0.2) is 73.3 Å². The minimum Gasteiger partial charge on any atom is -0.205 e. The van der Waals surface area contributed by atoms with Crippen molar-refractivity contribution in [2.45, 2.75) is 181 Å². The molecule has 0 aliphatic heterocycles. The number of hydrogen-bond donors (Lipinski definition) is 0. The number of nitrogens with zero attached hydrogens (tertiary/aromatic N) is 2. The van der Waals surface area contributed by atoms with E-state index in [1.165, 1.54) is 176 Å². The maximum absolute atomic E-state index is 2.33. The molecular weight excluding hydrogens is 605 g/mol. The van der Waals surface area contributed by atoms with Crippen molar-refractivity contribution < 1.29 is 9.13 Å². The second-order valence-corrected chi connectivity index (χ2v) is 14.9.